The van der Waals surface area contributed by atoms with Gasteiger partial charge in [0.25, 0.3) is 11.6 Å². The molecule has 3 rings (SSSR count). The highest BCUT2D eigenvalue weighted by Gasteiger charge is 2.28. The molecule has 0 unspecified atom stereocenters. The van der Waals surface area contributed by atoms with Crippen LogP contribution >= 0.6 is 0 Å². The maximum atomic E-state index is 12.8. The predicted octanol–water partition coefficient (Wildman–Crippen LogP) is 0.690. The van der Waals surface area contributed by atoms with Gasteiger partial charge >= 0.3 is 0 Å². The molecule has 1 aromatic carbocycles. The fraction of sp³-hybridized carbons (Fsp3) is 0.579. The zero-order chi connectivity index (χ0) is 20.8. The number of hydrogen-bond donors (Lipinski definition) is 2. The highest BCUT2D eigenvalue weighted by molar-refractivity contribution is 5.96. The molecular formula is C19H27N5O5. The molecule has 0 radical (unpaired) electrons. The number of methoxy groups -OCH3 is 1. The van der Waals surface area contributed by atoms with Gasteiger partial charge in [-0.2, -0.15) is 0 Å². The van der Waals surface area contributed by atoms with Crippen LogP contribution < -0.4 is 10.6 Å². The highest BCUT2D eigenvalue weighted by Crippen LogP contribution is 2.31. The van der Waals surface area contributed by atoms with Crippen LogP contribution in [0.1, 0.15) is 23.2 Å². The van der Waals surface area contributed by atoms with E-state index in [9.17, 15) is 19.7 Å². The van der Waals surface area contributed by atoms with Crippen molar-refractivity contribution in [1.29, 1.82) is 0 Å². The van der Waals surface area contributed by atoms with Crippen molar-refractivity contribution >= 4 is 23.2 Å². The number of piperazine rings is 1. The number of nitrogens with one attached hydrogen (secondary N) is 2. The summed E-state index contributed by atoms with van der Waals surface area (Å²) < 4.78 is 4.90. The van der Waals surface area contributed by atoms with Crippen LogP contribution in [0.25, 0.3) is 0 Å². The van der Waals surface area contributed by atoms with Gasteiger partial charge in [0.1, 0.15) is 5.69 Å². The van der Waals surface area contributed by atoms with Crippen LogP contribution in [-0.2, 0) is 9.53 Å². The summed E-state index contributed by atoms with van der Waals surface area (Å²) in [6.07, 6.45) is 2.01. The first-order valence-electron chi connectivity index (χ1n) is 9.80. The molecule has 10 heteroatoms. The molecule has 1 aliphatic carbocycles. The first kappa shape index (κ1) is 21.0. The average molecular weight is 405 g/mol. The van der Waals surface area contributed by atoms with Crippen LogP contribution in [0.15, 0.2) is 18.2 Å². The first-order chi connectivity index (χ1) is 14.0. The Morgan fingerprint density at radius 2 is 1.97 bits per heavy atom. The second-order valence-electron chi connectivity index (χ2n) is 7.32. The smallest absolute Gasteiger partial charge is 0.293 e. The fourth-order valence-electron chi connectivity index (χ4n) is 3.23. The molecule has 2 N–H and O–H groups in total. The Morgan fingerprint density at radius 3 is 2.59 bits per heavy atom. The molecule has 1 saturated heterocycles. The molecule has 158 valence electrons. The van der Waals surface area contributed by atoms with Gasteiger partial charge in [-0.1, -0.05) is 0 Å². The number of ether oxygens (including phenoxy) is 1. The average Bonchev–Trinajstić information content (AvgIpc) is 3.52. The van der Waals surface area contributed by atoms with E-state index in [0.717, 1.165) is 12.8 Å². The van der Waals surface area contributed by atoms with Gasteiger partial charge in [-0.25, -0.2) is 0 Å². The third-order valence-corrected chi connectivity index (χ3v) is 5.03. The number of anilines is 1. The summed E-state index contributed by atoms with van der Waals surface area (Å²) in [5.41, 5.74) is 0.691. The van der Waals surface area contributed by atoms with Crippen LogP contribution in [-0.4, -0.2) is 85.6 Å². The lowest BCUT2D eigenvalue weighted by atomic mass is 10.1. The molecule has 2 aliphatic rings. The summed E-state index contributed by atoms with van der Waals surface area (Å²) >= 11 is 0. The van der Waals surface area contributed by atoms with Gasteiger partial charge in [-0.05, 0) is 25.0 Å². The van der Waals surface area contributed by atoms with E-state index in [2.05, 4.69) is 10.6 Å². The van der Waals surface area contributed by atoms with Gasteiger partial charge in [0.05, 0.1) is 18.1 Å². The molecule has 0 bridgehead atoms. The van der Waals surface area contributed by atoms with E-state index in [1.165, 1.54) is 6.07 Å². The van der Waals surface area contributed by atoms with E-state index < -0.39 is 4.92 Å². The zero-order valence-corrected chi connectivity index (χ0v) is 16.6. The third kappa shape index (κ3) is 5.88. The number of hydrogen-bond acceptors (Lipinski definition) is 7. The van der Waals surface area contributed by atoms with Crippen LogP contribution in [0.4, 0.5) is 11.4 Å². The molecule has 29 heavy (non-hydrogen) atoms. The van der Waals surface area contributed by atoms with Crippen molar-refractivity contribution in [3.63, 3.8) is 0 Å². The second kappa shape index (κ2) is 9.66. The Morgan fingerprint density at radius 1 is 1.24 bits per heavy atom. The molecule has 10 nitrogen and oxygen atoms in total. The molecule has 0 spiro atoms. The minimum absolute atomic E-state index is 0.0730. The van der Waals surface area contributed by atoms with Crippen LogP contribution in [0.2, 0.25) is 0 Å². The van der Waals surface area contributed by atoms with E-state index in [1.54, 1.807) is 24.1 Å². The number of carbonyl (C=O) groups is 2. The van der Waals surface area contributed by atoms with Crippen molar-refractivity contribution in [2.45, 2.75) is 18.9 Å². The zero-order valence-electron chi connectivity index (χ0n) is 16.6. The normalized spacial score (nSPS) is 17.1. The summed E-state index contributed by atoms with van der Waals surface area (Å²) in [6.45, 7) is 3.31. The predicted molar refractivity (Wildman–Crippen MR) is 107 cm³/mol. The molecule has 1 heterocycles. The molecule has 1 saturated carbocycles. The van der Waals surface area contributed by atoms with Gasteiger partial charge in [0.2, 0.25) is 5.91 Å². The van der Waals surface area contributed by atoms with E-state index in [1.807, 2.05) is 4.90 Å². The minimum Gasteiger partial charge on any atom is -0.383 e. The van der Waals surface area contributed by atoms with E-state index >= 15 is 0 Å². The number of amides is 2. The Kier molecular flexibility index (Phi) is 6.99. The molecule has 2 fully saturated rings. The minimum atomic E-state index is -0.457. The molecule has 1 aliphatic heterocycles. The highest BCUT2D eigenvalue weighted by atomic mass is 16.6. The Balaban J connectivity index is 1.54. The first-order valence-corrected chi connectivity index (χ1v) is 9.80. The van der Waals surface area contributed by atoms with E-state index in [4.69, 9.17) is 4.74 Å². The second-order valence-corrected chi connectivity index (χ2v) is 7.32. The lowest BCUT2D eigenvalue weighted by molar-refractivity contribution is -0.384. The summed E-state index contributed by atoms with van der Waals surface area (Å²) in [6, 6.07) is 4.89. The van der Waals surface area contributed by atoms with Crippen molar-refractivity contribution < 1.29 is 19.2 Å². The van der Waals surface area contributed by atoms with Crippen molar-refractivity contribution in [3.05, 3.63) is 33.9 Å². The molecule has 1 aromatic rings. The van der Waals surface area contributed by atoms with Crippen molar-refractivity contribution in [2.24, 2.45) is 0 Å². The van der Waals surface area contributed by atoms with Crippen LogP contribution in [0, 0.1) is 10.1 Å². The quantitative estimate of drug-likeness (QED) is 0.353. The largest absolute Gasteiger partial charge is 0.383 e. The van der Waals surface area contributed by atoms with Gasteiger partial charge in [-0.3, -0.25) is 24.6 Å². The lowest BCUT2D eigenvalue weighted by Gasteiger charge is -2.34. The lowest BCUT2D eigenvalue weighted by Crippen LogP contribution is -2.51. The van der Waals surface area contributed by atoms with Gasteiger partial charge in [-0.15, -0.1) is 0 Å². The Bertz CT molecular complexity index is 759. The molecule has 2 amide bonds. The molecule has 0 aromatic heterocycles. The summed E-state index contributed by atoms with van der Waals surface area (Å²) in [7, 11) is 1.58. The number of nitro groups is 1. The maximum absolute atomic E-state index is 12.8. The van der Waals surface area contributed by atoms with Crippen molar-refractivity contribution in [1.82, 2.24) is 15.1 Å². The number of benzene rings is 1. The molecular weight excluding hydrogens is 378 g/mol. The standard InChI is InChI=1S/C19H27N5O5/c1-29-11-6-20-18(25)13-22-7-9-23(10-8-22)19(26)14-2-5-16(21-15-3-4-15)17(12-14)24(27)28/h2,5,12,15,21H,3-4,6-11,13H2,1H3,(H,20,25). The summed E-state index contributed by atoms with van der Waals surface area (Å²) in [5, 5.41) is 17.3. The Hall–Kier alpha value is -2.72. The van der Waals surface area contributed by atoms with Crippen molar-refractivity contribution in [2.75, 3.05) is 58.3 Å². The topological polar surface area (TPSA) is 117 Å². The van der Waals surface area contributed by atoms with E-state index in [-0.39, 0.29) is 30.1 Å². The summed E-state index contributed by atoms with van der Waals surface area (Å²) in [4.78, 5) is 39.3. The SMILES string of the molecule is COCCNC(=O)CN1CCN(C(=O)c2ccc(NC3CC3)c([N+](=O)[O-])c2)CC1. The van der Waals surface area contributed by atoms with Gasteiger partial charge in [0, 0.05) is 57.5 Å². The number of nitrogens with zero attached hydrogens (tertiary/aromatic N) is 3. The van der Waals surface area contributed by atoms with Gasteiger partial charge < -0.3 is 20.3 Å². The maximum Gasteiger partial charge on any atom is 0.293 e. The Labute approximate surface area is 169 Å². The monoisotopic (exact) mass is 405 g/mol. The van der Waals surface area contributed by atoms with E-state index in [0.29, 0.717) is 50.6 Å². The summed E-state index contributed by atoms with van der Waals surface area (Å²) in [5.74, 6) is -0.300. The molecule has 0 atom stereocenters. The van der Waals surface area contributed by atoms with Crippen molar-refractivity contribution in [3.8, 4) is 0 Å². The third-order valence-electron chi connectivity index (χ3n) is 5.03. The number of carbonyl (C=O) groups excluding carboxylic acids is 2. The van der Waals surface area contributed by atoms with Crippen LogP contribution in [0.3, 0.4) is 0 Å². The van der Waals surface area contributed by atoms with Crippen LogP contribution in [0.5, 0.6) is 0 Å². The van der Waals surface area contributed by atoms with Gasteiger partial charge in [0.15, 0.2) is 0 Å². The number of rotatable bonds is 9. The number of nitro benzene ring substituents is 1. The fourth-order valence-corrected chi connectivity index (χ4v) is 3.23.